The molecule has 1 atom stereocenters. The van der Waals surface area contributed by atoms with Crippen LogP contribution in [0, 0.1) is 0 Å². The Morgan fingerprint density at radius 3 is 1.98 bits per heavy atom. The third-order valence-electron chi connectivity index (χ3n) is 10.8. The number of halogens is 8. The number of sulfone groups is 1. The third kappa shape index (κ3) is 11.6. The van der Waals surface area contributed by atoms with Crippen LogP contribution in [0.15, 0.2) is 136 Å². The predicted molar refractivity (Wildman–Crippen MR) is 243 cm³/mol. The molecule has 10 nitrogen and oxygen atoms in total. The average molecular weight is 1000 g/mol. The summed E-state index contributed by atoms with van der Waals surface area (Å²) in [5.41, 5.74) is 2.86. The zero-order chi connectivity index (χ0) is 48.1. The lowest BCUT2D eigenvalue weighted by Gasteiger charge is -2.36. The number of nitrogens with zero attached hydrogens (tertiary/aromatic N) is 3. The topological polar surface area (TPSA) is 119 Å². The number of thioether (sulfide) groups is 1. The molecule has 0 aliphatic carbocycles. The minimum absolute atomic E-state index is 0.0224. The molecule has 1 heterocycles. The number of carbonyl (C=O) groups is 1. The summed E-state index contributed by atoms with van der Waals surface area (Å²) in [6.07, 6.45) is -13.9. The van der Waals surface area contributed by atoms with Gasteiger partial charge >= 0.3 is 17.4 Å². The maximum atomic E-state index is 15.5. The molecule has 6 rings (SSSR count). The summed E-state index contributed by atoms with van der Waals surface area (Å²) < 4.78 is 156. The molecule has 2 N–H and O–H groups in total. The fourth-order valence-electron chi connectivity index (χ4n) is 7.21. The standard InChI is InChI=1S/C45H45ClF7N5O5S3/c1-56(2)23-22-35(30-64-37-9-4-3-5-10-37)54-40-21-20-38(28-41(40)65(60,61)43(47,44(48,49)50)45(51,52)53)66(62,63)55-42(59)32-14-18-36(19-15-32)58-26-24-57(25-27-58)29-33-8-6-7-11-39(33)31-12-16-34(46)17-13-31/h3-21,28,35,54H,22-27,29-30H2,1-2H3,(H,55,59)/t35-/m1/s1. The first-order valence-electron chi connectivity index (χ1n) is 20.3. The molecule has 0 spiro atoms. The molecule has 1 amide bonds. The first-order valence-corrected chi connectivity index (χ1v) is 24.6. The summed E-state index contributed by atoms with van der Waals surface area (Å²) in [6.45, 7) is 3.62. The van der Waals surface area contributed by atoms with Crippen LogP contribution in [0.4, 0.5) is 42.1 Å². The molecule has 0 unspecified atom stereocenters. The van der Waals surface area contributed by atoms with Crippen LogP contribution < -0.4 is 14.9 Å². The van der Waals surface area contributed by atoms with Gasteiger partial charge in [-0.15, -0.1) is 11.8 Å². The van der Waals surface area contributed by atoms with E-state index in [2.05, 4.69) is 27.2 Å². The Balaban J connectivity index is 1.20. The van der Waals surface area contributed by atoms with Crippen LogP contribution in [0.5, 0.6) is 0 Å². The van der Waals surface area contributed by atoms with Crippen LogP contribution in [0.3, 0.4) is 0 Å². The minimum Gasteiger partial charge on any atom is -0.380 e. The lowest BCUT2D eigenvalue weighted by Crippen LogP contribution is -2.58. The first kappa shape index (κ1) is 50.6. The second-order valence-corrected chi connectivity index (χ2v) is 20.9. The number of benzene rings is 5. The smallest absolute Gasteiger partial charge is 0.380 e. The number of rotatable bonds is 17. The number of nitrogens with one attached hydrogen (secondary N) is 2. The first-order chi connectivity index (χ1) is 31.0. The molecule has 0 bridgehead atoms. The molecule has 0 saturated carbocycles. The Labute approximate surface area is 388 Å². The lowest BCUT2D eigenvalue weighted by molar-refractivity contribution is -0.305. The summed E-state index contributed by atoms with van der Waals surface area (Å²) in [5, 5.41) is -3.58. The molecule has 354 valence electrons. The Morgan fingerprint density at radius 1 is 0.773 bits per heavy atom. The van der Waals surface area contributed by atoms with E-state index in [9.17, 15) is 48.0 Å². The van der Waals surface area contributed by atoms with Crippen molar-refractivity contribution in [3.63, 3.8) is 0 Å². The van der Waals surface area contributed by atoms with Gasteiger partial charge in [-0.2, -0.15) is 26.3 Å². The van der Waals surface area contributed by atoms with Crippen molar-refractivity contribution in [2.75, 3.05) is 62.8 Å². The molecule has 66 heavy (non-hydrogen) atoms. The van der Waals surface area contributed by atoms with E-state index in [1.54, 1.807) is 66.2 Å². The van der Waals surface area contributed by atoms with Crippen molar-refractivity contribution in [2.45, 2.75) is 51.0 Å². The van der Waals surface area contributed by atoms with Gasteiger partial charge in [0.15, 0.2) is 0 Å². The van der Waals surface area contributed by atoms with Crippen molar-refractivity contribution >= 4 is 60.5 Å². The van der Waals surface area contributed by atoms with E-state index in [1.807, 2.05) is 36.4 Å². The fourth-order valence-corrected chi connectivity index (χ4v) is 11.0. The van der Waals surface area contributed by atoms with E-state index < -0.39 is 64.6 Å². The van der Waals surface area contributed by atoms with E-state index in [-0.39, 0.29) is 23.8 Å². The maximum absolute atomic E-state index is 15.5. The van der Waals surface area contributed by atoms with Gasteiger partial charge in [-0.05, 0) is 110 Å². The van der Waals surface area contributed by atoms with Crippen LogP contribution in [-0.2, 0) is 26.4 Å². The minimum atomic E-state index is -7.19. The maximum Gasteiger partial charge on any atom is 0.447 e. The predicted octanol–water partition coefficient (Wildman–Crippen LogP) is 9.54. The largest absolute Gasteiger partial charge is 0.447 e. The van der Waals surface area contributed by atoms with Crippen LogP contribution in [0.25, 0.3) is 11.1 Å². The van der Waals surface area contributed by atoms with Gasteiger partial charge in [-0.25, -0.2) is 25.9 Å². The summed E-state index contributed by atoms with van der Waals surface area (Å²) in [5.74, 6) is -1.15. The summed E-state index contributed by atoms with van der Waals surface area (Å²) in [7, 11) is -9.02. The second-order valence-electron chi connectivity index (χ2n) is 15.7. The van der Waals surface area contributed by atoms with Crippen molar-refractivity contribution in [1.29, 1.82) is 0 Å². The molecule has 0 radical (unpaired) electrons. The van der Waals surface area contributed by atoms with Crippen molar-refractivity contribution in [1.82, 2.24) is 14.5 Å². The highest BCUT2D eigenvalue weighted by molar-refractivity contribution is 7.99. The van der Waals surface area contributed by atoms with Crippen LogP contribution in [0.1, 0.15) is 22.3 Å². The van der Waals surface area contributed by atoms with Gasteiger partial charge < -0.3 is 15.1 Å². The molecule has 0 aromatic heterocycles. The molecular weight excluding hydrogens is 955 g/mol. The number of carbonyl (C=O) groups excluding carboxylic acids is 1. The average Bonchev–Trinajstić information content (AvgIpc) is 3.27. The third-order valence-corrected chi connectivity index (χ3v) is 15.7. The summed E-state index contributed by atoms with van der Waals surface area (Å²) in [4.78, 5) is 17.0. The van der Waals surface area contributed by atoms with E-state index in [1.165, 1.54) is 23.9 Å². The number of anilines is 2. The van der Waals surface area contributed by atoms with Gasteiger partial charge in [0.05, 0.1) is 15.5 Å². The molecule has 1 aliphatic rings. The van der Waals surface area contributed by atoms with Gasteiger partial charge in [-0.1, -0.05) is 66.2 Å². The highest BCUT2D eigenvalue weighted by Crippen LogP contribution is 2.53. The number of hydrogen-bond donors (Lipinski definition) is 2. The zero-order valence-corrected chi connectivity index (χ0v) is 38.6. The van der Waals surface area contributed by atoms with Crippen molar-refractivity contribution in [3.8, 4) is 11.1 Å². The Hall–Kier alpha value is -4.86. The van der Waals surface area contributed by atoms with Crippen LogP contribution >= 0.6 is 23.4 Å². The van der Waals surface area contributed by atoms with E-state index in [0.29, 0.717) is 62.1 Å². The number of piperazine rings is 1. The van der Waals surface area contributed by atoms with Gasteiger partial charge in [0, 0.05) is 65.7 Å². The Kier molecular flexibility index (Phi) is 15.7. The van der Waals surface area contributed by atoms with Gasteiger partial charge in [0.25, 0.3) is 15.9 Å². The molecular formula is C45H45ClF7N5O5S3. The van der Waals surface area contributed by atoms with Gasteiger partial charge in [-0.3, -0.25) is 9.69 Å². The SMILES string of the molecule is CN(C)CC[C@H](CSc1ccccc1)Nc1ccc(S(=O)(=O)NC(=O)c2ccc(N3CCN(Cc4ccccc4-c4ccc(Cl)cc4)CC3)cc2)cc1S(=O)(=O)C(F)(C(F)(F)F)C(F)(F)F. The number of sulfonamides is 1. The van der Waals surface area contributed by atoms with Crippen molar-refractivity contribution in [3.05, 3.63) is 137 Å². The molecule has 5 aromatic carbocycles. The summed E-state index contributed by atoms with van der Waals surface area (Å²) in [6, 6.07) is 30.6. The van der Waals surface area contributed by atoms with Gasteiger partial charge in [0.1, 0.15) is 0 Å². The van der Waals surface area contributed by atoms with Gasteiger partial charge in [0.2, 0.25) is 9.84 Å². The van der Waals surface area contributed by atoms with Crippen LogP contribution in [0.2, 0.25) is 5.02 Å². The molecule has 1 aliphatic heterocycles. The van der Waals surface area contributed by atoms with Crippen molar-refractivity contribution in [2.24, 2.45) is 0 Å². The normalized spacial score (nSPS) is 14.9. The molecule has 21 heteroatoms. The summed E-state index contributed by atoms with van der Waals surface area (Å²) >= 11 is 7.32. The zero-order valence-electron chi connectivity index (χ0n) is 35.4. The molecule has 5 aromatic rings. The quantitative estimate of drug-likeness (QED) is 0.0689. The van der Waals surface area contributed by atoms with E-state index in [4.69, 9.17) is 11.6 Å². The molecule has 1 saturated heterocycles. The van der Waals surface area contributed by atoms with E-state index in [0.717, 1.165) is 21.6 Å². The monoisotopic (exact) mass is 999 g/mol. The Bertz CT molecular complexity index is 2670. The number of amides is 1. The highest BCUT2D eigenvalue weighted by Gasteiger charge is 2.81. The fraction of sp³-hybridized carbons (Fsp3) is 0.311. The lowest BCUT2D eigenvalue weighted by atomic mass is 9.99. The second kappa shape index (κ2) is 20.6. The van der Waals surface area contributed by atoms with Crippen molar-refractivity contribution < 1.29 is 52.4 Å². The highest BCUT2D eigenvalue weighted by atomic mass is 35.5. The molecule has 1 fully saturated rings. The number of alkyl halides is 7. The Morgan fingerprint density at radius 2 is 1.38 bits per heavy atom. The number of hydrogen-bond acceptors (Lipinski definition) is 10. The van der Waals surface area contributed by atoms with E-state index >= 15 is 4.39 Å². The van der Waals surface area contributed by atoms with Crippen LogP contribution in [-0.4, -0.2) is 109 Å².